The fourth-order valence-corrected chi connectivity index (χ4v) is 3.42. The molecule has 11 heteroatoms. The molecule has 1 fully saturated rings. The number of carboxylic acids is 1. The van der Waals surface area contributed by atoms with Crippen molar-refractivity contribution in [1.29, 1.82) is 0 Å². The maximum Gasteiger partial charge on any atom is 0.471 e. The summed E-state index contributed by atoms with van der Waals surface area (Å²) in [6, 6.07) is -0.950. The molecular weight excluding hydrogens is 329 g/mol. The van der Waals surface area contributed by atoms with Gasteiger partial charge in [-0.2, -0.15) is 13.2 Å². The lowest BCUT2D eigenvalue weighted by atomic mass is 10.0. The predicted molar refractivity (Wildman–Crippen MR) is 69.5 cm³/mol. The molecule has 1 aliphatic rings. The number of halogens is 3. The maximum atomic E-state index is 12.5. The molecule has 0 radical (unpaired) electrons. The highest BCUT2D eigenvalue weighted by molar-refractivity contribution is 7.89. The summed E-state index contributed by atoms with van der Waals surface area (Å²) in [7, 11) is -3.45. The molecule has 22 heavy (non-hydrogen) atoms. The fourth-order valence-electron chi connectivity index (χ4n) is 2.29. The molecule has 1 aliphatic heterocycles. The summed E-state index contributed by atoms with van der Waals surface area (Å²) in [4.78, 5) is 22.3. The van der Waals surface area contributed by atoms with Crippen LogP contribution in [0, 0.1) is 0 Å². The van der Waals surface area contributed by atoms with Crippen LogP contribution in [0.4, 0.5) is 13.2 Å². The summed E-state index contributed by atoms with van der Waals surface area (Å²) in [5.74, 6) is -3.90. The topological polar surface area (TPSA) is 95.0 Å². The molecule has 128 valence electrons. The molecule has 1 heterocycles. The number of piperidine rings is 1. The third-order valence-corrected chi connectivity index (χ3v) is 5.31. The summed E-state index contributed by atoms with van der Waals surface area (Å²) >= 11 is 0. The van der Waals surface area contributed by atoms with Crippen LogP contribution in [0.1, 0.15) is 19.8 Å². The monoisotopic (exact) mass is 346 g/mol. The van der Waals surface area contributed by atoms with Crippen molar-refractivity contribution in [2.24, 2.45) is 0 Å². The first-order chi connectivity index (χ1) is 9.99. The highest BCUT2D eigenvalue weighted by Gasteiger charge is 2.46. The molecule has 1 saturated heterocycles. The van der Waals surface area contributed by atoms with Gasteiger partial charge in [0.2, 0.25) is 10.0 Å². The molecule has 7 nitrogen and oxygen atoms in total. The van der Waals surface area contributed by atoms with E-state index >= 15 is 0 Å². The Hall–Kier alpha value is -1.36. The third kappa shape index (κ3) is 4.57. The Kier molecular flexibility index (Phi) is 5.79. The van der Waals surface area contributed by atoms with Crippen molar-refractivity contribution < 1.29 is 36.3 Å². The van der Waals surface area contributed by atoms with Crippen LogP contribution in [-0.2, 0) is 19.6 Å². The van der Waals surface area contributed by atoms with Gasteiger partial charge in [0, 0.05) is 19.1 Å². The van der Waals surface area contributed by atoms with Crippen LogP contribution in [0.15, 0.2) is 0 Å². The first-order valence-electron chi connectivity index (χ1n) is 6.56. The van der Waals surface area contributed by atoms with Gasteiger partial charge in [0.25, 0.3) is 0 Å². The zero-order chi connectivity index (χ0) is 17.1. The van der Waals surface area contributed by atoms with Gasteiger partial charge in [0.1, 0.15) is 6.54 Å². The second-order valence-corrected chi connectivity index (χ2v) is 7.11. The van der Waals surface area contributed by atoms with Crippen LogP contribution in [-0.4, -0.2) is 72.2 Å². The number of aliphatic carboxylic acids is 1. The predicted octanol–water partition coefficient (Wildman–Crippen LogP) is 0.276. The molecular formula is C11H17F3N2O5S. The zero-order valence-electron chi connectivity index (χ0n) is 11.8. The van der Waals surface area contributed by atoms with Crippen molar-refractivity contribution in [2.45, 2.75) is 32.0 Å². The Morgan fingerprint density at radius 2 is 1.77 bits per heavy atom. The minimum absolute atomic E-state index is 0.0334. The average molecular weight is 346 g/mol. The lowest BCUT2D eigenvalue weighted by Gasteiger charge is -2.37. The summed E-state index contributed by atoms with van der Waals surface area (Å²) in [6.45, 7) is 0.305. The van der Waals surface area contributed by atoms with Gasteiger partial charge in [-0.15, -0.1) is 0 Å². The van der Waals surface area contributed by atoms with Gasteiger partial charge in [-0.25, -0.2) is 12.7 Å². The van der Waals surface area contributed by atoms with E-state index in [4.69, 9.17) is 5.11 Å². The summed E-state index contributed by atoms with van der Waals surface area (Å²) < 4.78 is 62.1. The van der Waals surface area contributed by atoms with Gasteiger partial charge < -0.3 is 10.0 Å². The molecule has 0 unspecified atom stereocenters. The number of nitrogens with zero attached hydrogens (tertiary/aromatic N) is 2. The van der Waals surface area contributed by atoms with Crippen molar-refractivity contribution in [2.75, 3.05) is 25.4 Å². The SMILES string of the molecule is CCS(=O)(=O)N1CCC(N(CC(=O)O)C(=O)C(F)(F)F)CC1. The van der Waals surface area contributed by atoms with Crippen molar-refractivity contribution in [3.05, 3.63) is 0 Å². The molecule has 1 amide bonds. The van der Waals surface area contributed by atoms with Crippen molar-refractivity contribution in [3.8, 4) is 0 Å². The van der Waals surface area contributed by atoms with Crippen molar-refractivity contribution >= 4 is 21.9 Å². The molecule has 0 saturated carbocycles. The minimum atomic E-state index is -5.16. The van der Waals surface area contributed by atoms with E-state index in [-0.39, 0.29) is 36.6 Å². The number of carbonyl (C=O) groups is 2. The van der Waals surface area contributed by atoms with E-state index in [9.17, 15) is 31.2 Å². The lowest BCUT2D eigenvalue weighted by Crippen LogP contribution is -2.53. The molecule has 0 aliphatic carbocycles. The number of carboxylic acid groups (broad SMARTS) is 1. The number of amides is 1. The van der Waals surface area contributed by atoms with E-state index in [1.54, 1.807) is 0 Å². The Labute approximate surface area is 125 Å². The first kappa shape index (κ1) is 18.7. The van der Waals surface area contributed by atoms with Crippen LogP contribution >= 0.6 is 0 Å². The number of hydrogen-bond donors (Lipinski definition) is 1. The van der Waals surface area contributed by atoms with Gasteiger partial charge >= 0.3 is 18.1 Å². The van der Waals surface area contributed by atoms with E-state index in [0.717, 1.165) is 4.31 Å². The van der Waals surface area contributed by atoms with E-state index < -0.39 is 40.7 Å². The minimum Gasteiger partial charge on any atom is -0.480 e. The number of rotatable bonds is 5. The van der Waals surface area contributed by atoms with E-state index in [0.29, 0.717) is 0 Å². The van der Waals surface area contributed by atoms with Crippen molar-refractivity contribution in [3.63, 3.8) is 0 Å². The summed E-state index contributed by atoms with van der Waals surface area (Å²) in [6.07, 6.45) is -5.23. The summed E-state index contributed by atoms with van der Waals surface area (Å²) in [5, 5.41) is 8.68. The quantitative estimate of drug-likeness (QED) is 0.771. The number of hydrogen-bond acceptors (Lipinski definition) is 4. The summed E-state index contributed by atoms with van der Waals surface area (Å²) in [5.41, 5.74) is 0. The van der Waals surface area contributed by atoms with Crippen LogP contribution in [0.5, 0.6) is 0 Å². The van der Waals surface area contributed by atoms with E-state index in [1.807, 2.05) is 0 Å². The average Bonchev–Trinajstić information content (AvgIpc) is 2.43. The molecule has 1 N–H and O–H groups in total. The molecule has 0 bridgehead atoms. The second kappa shape index (κ2) is 6.82. The molecule has 0 aromatic carbocycles. The largest absolute Gasteiger partial charge is 0.480 e. The Balaban J connectivity index is 2.83. The lowest BCUT2D eigenvalue weighted by molar-refractivity contribution is -0.189. The van der Waals surface area contributed by atoms with Gasteiger partial charge in [0.15, 0.2) is 0 Å². The number of sulfonamides is 1. The van der Waals surface area contributed by atoms with Gasteiger partial charge in [-0.3, -0.25) is 9.59 Å². The molecule has 0 atom stereocenters. The molecule has 1 rings (SSSR count). The van der Waals surface area contributed by atoms with Gasteiger partial charge in [-0.05, 0) is 19.8 Å². The number of carbonyl (C=O) groups excluding carboxylic acids is 1. The smallest absolute Gasteiger partial charge is 0.471 e. The molecule has 0 aromatic heterocycles. The Morgan fingerprint density at radius 1 is 1.27 bits per heavy atom. The Bertz CT molecular complexity index is 526. The first-order valence-corrected chi connectivity index (χ1v) is 8.17. The van der Waals surface area contributed by atoms with Gasteiger partial charge in [0.05, 0.1) is 5.75 Å². The Morgan fingerprint density at radius 3 is 2.14 bits per heavy atom. The van der Waals surface area contributed by atoms with Crippen LogP contribution in [0.2, 0.25) is 0 Å². The second-order valence-electron chi connectivity index (χ2n) is 4.86. The third-order valence-electron chi connectivity index (χ3n) is 3.43. The molecule has 0 aromatic rings. The van der Waals surface area contributed by atoms with E-state index in [1.165, 1.54) is 6.92 Å². The highest BCUT2D eigenvalue weighted by Crippen LogP contribution is 2.25. The normalized spacial score (nSPS) is 18.2. The molecule has 0 spiro atoms. The van der Waals surface area contributed by atoms with Crippen LogP contribution < -0.4 is 0 Å². The van der Waals surface area contributed by atoms with Crippen LogP contribution in [0.3, 0.4) is 0 Å². The van der Waals surface area contributed by atoms with Crippen LogP contribution in [0.25, 0.3) is 0 Å². The van der Waals surface area contributed by atoms with Gasteiger partial charge in [-0.1, -0.05) is 0 Å². The van der Waals surface area contributed by atoms with Crippen molar-refractivity contribution in [1.82, 2.24) is 9.21 Å². The zero-order valence-corrected chi connectivity index (χ0v) is 12.7. The fraction of sp³-hybridized carbons (Fsp3) is 0.818. The standard InChI is InChI=1S/C11H17F3N2O5S/c1-2-22(20,21)15-5-3-8(4-6-15)16(7-9(17)18)10(19)11(12,13)14/h8H,2-7H2,1H3,(H,17,18). The maximum absolute atomic E-state index is 12.5. The van der Waals surface area contributed by atoms with E-state index in [2.05, 4.69) is 0 Å². The number of alkyl halides is 3. The highest BCUT2D eigenvalue weighted by atomic mass is 32.2.